The number of piperazine rings is 1. The molecule has 0 unspecified atom stereocenters. The van der Waals surface area contributed by atoms with Crippen molar-refractivity contribution in [1.82, 2.24) is 34.7 Å². The molecule has 3 N–H and O–H groups in total. The molecule has 0 aliphatic carbocycles. The maximum Gasteiger partial charge on any atom is 0.417 e. The van der Waals surface area contributed by atoms with Crippen molar-refractivity contribution >= 4 is 29.0 Å². The fourth-order valence-corrected chi connectivity index (χ4v) is 5.22. The van der Waals surface area contributed by atoms with Gasteiger partial charge in [0.1, 0.15) is 11.3 Å². The van der Waals surface area contributed by atoms with Crippen LogP contribution < -0.4 is 16.0 Å². The van der Waals surface area contributed by atoms with Crippen LogP contribution in [0, 0.1) is 0 Å². The molecule has 0 aromatic carbocycles. The minimum absolute atomic E-state index is 0.0734. The monoisotopic (exact) mass is 571 g/mol. The van der Waals surface area contributed by atoms with Crippen LogP contribution in [-0.2, 0) is 22.3 Å². The van der Waals surface area contributed by atoms with Crippen molar-refractivity contribution in [1.29, 1.82) is 0 Å². The SMILES string of the molecule is C=CC(=O)NCC(=O)N1CCN(Cc2cc3c(N4CCCCC4)nc(-c4cnc(N)cc4C(F)(F)F)nn3c2)CC1. The average Bonchev–Trinajstić information content (AvgIpc) is 3.37. The van der Waals surface area contributed by atoms with Crippen LogP contribution in [0.15, 0.2) is 37.2 Å². The number of nitrogens with zero attached hydrogens (tertiary/aromatic N) is 7. The van der Waals surface area contributed by atoms with E-state index in [9.17, 15) is 22.8 Å². The van der Waals surface area contributed by atoms with Gasteiger partial charge in [0.05, 0.1) is 17.7 Å². The summed E-state index contributed by atoms with van der Waals surface area (Å²) in [5.41, 5.74) is 6.06. The molecule has 0 atom stereocenters. The van der Waals surface area contributed by atoms with Crippen LogP contribution in [0.5, 0.6) is 0 Å². The van der Waals surface area contributed by atoms with Crippen LogP contribution in [0.25, 0.3) is 16.9 Å². The third-order valence-corrected chi connectivity index (χ3v) is 7.36. The molecule has 2 fully saturated rings. The van der Waals surface area contributed by atoms with Gasteiger partial charge >= 0.3 is 6.18 Å². The number of nitrogens with two attached hydrogens (primary N) is 1. The van der Waals surface area contributed by atoms with Crippen LogP contribution in [0.4, 0.5) is 24.8 Å². The van der Waals surface area contributed by atoms with Crippen molar-refractivity contribution in [3.63, 3.8) is 0 Å². The van der Waals surface area contributed by atoms with Crippen LogP contribution in [0.2, 0.25) is 0 Å². The van der Waals surface area contributed by atoms with Crippen molar-refractivity contribution in [2.75, 3.05) is 56.4 Å². The molecule has 5 heterocycles. The summed E-state index contributed by atoms with van der Waals surface area (Å²) in [4.78, 5) is 38.3. The van der Waals surface area contributed by atoms with Gasteiger partial charge in [-0.1, -0.05) is 6.58 Å². The molecule has 0 bridgehead atoms. The Morgan fingerprint density at radius 3 is 2.49 bits per heavy atom. The molecule has 11 nitrogen and oxygen atoms in total. The third-order valence-electron chi connectivity index (χ3n) is 7.36. The predicted octanol–water partition coefficient (Wildman–Crippen LogP) is 2.33. The summed E-state index contributed by atoms with van der Waals surface area (Å²) in [6.07, 6.45) is 2.39. The van der Waals surface area contributed by atoms with Crippen molar-refractivity contribution in [2.45, 2.75) is 32.0 Å². The number of halogens is 3. The molecule has 2 saturated heterocycles. The van der Waals surface area contributed by atoms with E-state index < -0.39 is 17.6 Å². The zero-order valence-electron chi connectivity index (χ0n) is 22.5. The Labute approximate surface area is 234 Å². The molecule has 0 radical (unpaired) electrons. The van der Waals surface area contributed by atoms with Crippen molar-refractivity contribution < 1.29 is 22.8 Å². The molecule has 5 rings (SSSR count). The van der Waals surface area contributed by atoms with E-state index >= 15 is 0 Å². The quantitative estimate of drug-likeness (QED) is 0.414. The molecule has 2 amide bonds. The highest BCUT2D eigenvalue weighted by atomic mass is 19.4. The number of fused-ring (bicyclic) bond motifs is 1. The highest BCUT2D eigenvalue weighted by Crippen LogP contribution is 2.37. The van der Waals surface area contributed by atoms with Gasteiger partial charge in [0.15, 0.2) is 11.6 Å². The maximum atomic E-state index is 13.9. The molecule has 0 spiro atoms. The predicted molar refractivity (Wildman–Crippen MR) is 147 cm³/mol. The van der Waals surface area contributed by atoms with E-state index in [2.05, 4.69) is 36.8 Å². The molecule has 0 saturated carbocycles. The number of aromatic nitrogens is 4. The van der Waals surface area contributed by atoms with Crippen molar-refractivity contribution in [3.05, 3.63) is 48.3 Å². The number of piperidine rings is 1. The Morgan fingerprint density at radius 1 is 1.07 bits per heavy atom. The molecule has 2 aliphatic heterocycles. The highest BCUT2D eigenvalue weighted by molar-refractivity contribution is 5.90. The summed E-state index contributed by atoms with van der Waals surface area (Å²) in [5.74, 6) is -0.266. The number of carbonyl (C=O) groups is 2. The van der Waals surface area contributed by atoms with Crippen LogP contribution in [0.1, 0.15) is 30.4 Å². The van der Waals surface area contributed by atoms with E-state index in [0.717, 1.165) is 61.8 Å². The van der Waals surface area contributed by atoms with Gasteiger partial charge < -0.3 is 20.9 Å². The van der Waals surface area contributed by atoms with Gasteiger partial charge in [-0.15, -0.1) is 5.10 Å². The van der Waals surface area contributed by atoms with Gasteiger partial charge in [0.2, 0.25) is 11.8 Å². The minimum Gasteiger partial charge on any atom is -0.384 e. The molecule has 218 valence electrons. The normalized spacial score (nSPS) is 16.7. The first-order valence-electron chi connectivity index (χ1n) is 13.5. The average molecular weight is 572 g/mol. The van der Waals surface area contributed by atoms with Gasteiger partial charge in [-0.25, -0.2) is 14.5 Å². The van der Waals surface area contributed by atoms with Crippen LogP contribution in [-0.4, -0.2) is 87.0 Å². The number of hydrogen-bond donors (Lipinski definition) is 2. The molecule has 14 heteroatoms. The molecular weight excluding hydrogens is 539 g/mol. The number of alkyl halides is 3. The molecular formula is C27H32F3N9O2. The topological polar surface area (TPSA) is 125 Å². The summed E-state index contributed by atoms with van der Waals surface area (Å²) >= 11 is 0. The Balaban J connectivity index is 1.39. The fourth-order valence-electron chi connectivity index (χ4n) is 5.22. The van der Waals surface area contributed by atoms with Gasteiger partial charge in [0, 0.05) is 58.2 Å². The van der Waals surface area contributed by atoms with E-state index in [0.29, 0.717) is 38.5 Å². The Morgan fingerprint density at radius 2 is 1.80 bits per heavy atom. The second kappa shape index (κ2) is 11.7. The second-order valence-corrected chi connectivity index (χ2v) is 10.2. The van der Waals surface area contributed by atoms with E-state index in [4.69, 9.17) is 5.73 Å². The van der Waals surface area contributed by atoms with Gasteiger partial charge in [-0.2, -0.15) is 13.2 Å². The lowest BCUT2D eigenvalue weighted by Crippen LogP contribution is -2.50. The lowest BCUT2D eigenvalue weighted by molar-refractivity contribution is -0.137. The lowest BCUT2D eigenvalue weighted by Gasteiger charge is -2.34. The zero-order chi connectivity index (χ0) is 29.1. The van der Waals surface area contributed by atoms with Crippen LogP contribution in [0.3, 0.4) is 0 Å². The van der Waals surface area contributed by atoms with Crippen molar-refractivity contribution in [2.24, 2.45) is 0 Å². The molecule has 2 aliphatic rings. The Kier molecular flexibility index (Phi) is 8.10. The number of anilines is 2. The number of hydrogen-bond acceptors (Lipinski definition) is 8. The van der Waals surface area contributed by atoms with Gasteiger partial charge in [0.25, 0.3) is 0 Å². The largest absolute Gasteiger partial charge is 0.417 e. The smallest absolute Gasteiger partial charge is 0.384 e. The number of carbonyl (C=O) groups excluding carboxylic acids is 2. The first-order chi connectivity index (χ1) is 19.6. The summed E-state index contributed by atoms with van der Waals surface area (Å²) in [6, 6.07) is 2.78. The van der Waals surface area contributed by atoms with E-state index in [1.165, 1.54) is 0 Å². The maximum absolute atomic E-state index is 13.9. The highest BCUT2D eigenvalue weighted by Gasteiger charge is 2.35. The van der Waals surface area contributed by atoms with Gasteiger partial charge in [-0.05, 0) is 43.0 Å². The number of nitrogen functional groups attached to an aromatic ring is 1. The van der Waals surface area contributed by atoms with Gasteiger partial charge in [-0.3, -0.25) is 14.5 Å². The van der Waals surface area contributed by atoms with E-state index in [1.54, 1.807) is 9.42 Å². The molecule has 3 aromatic heterocycles. The van der Waals surface area contributed by atoms with E-state index in [1.807, 2.05) is 12.3 Å². The molecule has 3 aromatic rings. The number of nitrogens with one attached hydrogen (secondary N) is 1. The fraction of sp³-hybridized carbons (Fsp3) is 0.444. The summed E-state index contributed by atoms with van der Waals surface area (Å²) in [7, 11) is 0. The Hall–Kier alpha value is -4.20. The second-order valence-electron chi connectivity index (χ2n) is 10.2. The number of amides is 2. The zero-order valence-corrected chi connectivity index (χ0v) is 22.5. The first-order valence-corrected chi connectivity index (χ1v) is 13.5. The third kappa shape index (κ3) is 6.42. The lowest BCUT2D eigenvalue weighted by atomic mass is 10.1. The Bertz CT molecular complexity index is 1440. The van der Waals surface area contributed by atoms with E-state index in [-0.39, 0.29) is 29.7 Å². The standard InChI is InChI=1S/C27H32F3N9O2/c1-2-23(40)33-15-24(41)37-10-8-36(9-11-37)16-18-12-21-26(38-6-4-3-5-7-38)34-25(35-39(21)17-18)19-14-32-22(31)13-20(19)27(28,29)30/h2,12-14,17H,1,3-11,15-16H2,(H2,31,32)(H,33,40). The summed E-state index contributed by atoms with van der Waals surface area (Å²) in [6.45, 7) is 7.68. The summed E-state index contributed by atoms with van der Waals surface area (Å²) < 4.78 is 43.3. The van der Waals surface area contributed by atoms with Crippen LogP contribution >= 0.6 is 0 Å². The first kappa shape index (κ1) is 28.3. The number of pyridine rings is 1. The number of rotatable bonds is 7. The summed E-state index contributed by atoms with van der Waals surface area (Å²) in [5, 5.41) is 6.99. The minimum atomic E-state index is -4.65. The van der Waals surface area contributed by atoms with Crippen molar-refractivity contribution in [3.8, 4) is 11.4 Å². The molecule has 41 heavy (non-hydrogen) atoms.